The third-order valence-corrected chi connectivity index (χ3v) is 7.04. The van der Waals surface area contributed by atoms with Gasteiger partial charge in [-0.05, 0) is 43.0 Å². The summed E-state index contributed by atoms with van der Waals surface area (Å²) < 4.78 is 13.4. The fourth-order valence-electron chi connectivity index (χ4n) is 4.06. The minimum Gasteiger partial charge on any atom is -0.361 e. The van der Waals surface area contributed by atoms with Gasteiger partial charge in [-0.1, -0.05) is 6.42 Å². The summed E-state index contributed by atoms with van der Waals surface area (Å²) in [5.74, 6) is 0.766. The number of carbonyl (C=O) groups excluding carboxylic acids is 2. The van der Waals surface area contributed by atoms with Crippen molar-refractivity contribution in [3.8, 4) is 0 Å². The van der Waals surface area contributed by atoms with Gasteiger partial charge in [0.1, 0.15) is 5.82 Å². The molecule has 150 valence electrons. The van der Waals surface area contributed by atoms with E-state index in [0.717, 1.165) is 41.5 Å². The zero-order valence-corrected chi connectivity index (χ0v) is 16.4. The number of hydrogen-bond acceptors (Lipinski definition) is 3. The highest BCUT2D eigenvalue weighted by Gasteiger charge is 2.42. The van der Waals surface area contributed by atoms with E-state index in [1.807, 2.05) is 18.0 Å². The number of hydrogen-bond donors (Lipinski definition) is 4. The lowest BCUT2D eigenvalue weighted by Gasteiger charge is -2.16. The maximum Gasteiger partial charge on any atom is 0.315 e. The maximum absolute atomic E-state index is 13.4. The van der Waals surface area contributed by atoms with E-state index in [-0.39, 0.29) is 29.8 Å². The van der Waals surface area contributed by atoms with Gasteiger partial charge in [-0.2, -0.15) is 11.8 Å². The monoisotopic (exact) mass is 404 g/mol. The zero-order chi connectivity index (χ0) is 19.5. The van der Waals surface area contributed by atoms with E-state index in [2.05, 4.69) is 20.9 Å². The van der Waals surface area contributed by atoms with Gasteiger partial charge in [0.25, 0.3) is 0 Å². The predicted octanol–water partition coefficient (Wildman–Crippen LogP) is 2.69. The number of nitrogens with one attached hydrogen (secondary N) is 4. The van der Waals surface area contributed by atoms with E-state index in [4.69, 9.17) is 0 Å². The maximum atomic E-state index is 13.4. The molecule has 2 saturated heterocycles. The second-order valence-corrected chi connectivity index (χ2v) is 8.74. The topological polar surface area (TPSA) is 86.0 Å². The molecule has 2 fully saturated rings. The summed E-state index contributed by atoms with van der Waals surface area (Å²) in [5.41, 5.74) is 1.92. The van der Waals surface area contributed by atoms with Crippen LogP contribution in [0.1, 0.15) is 31.2 Å². The molecule has 0 aliphatic carbocycles. The summed E-state index contributed by atoms with van der Waals surface area (Å²) in [6.07, 6.45) is 5.90. The van der Waals surface area contributed by atoms with Gasteiger partial charge in [0.15, 0.2) is 0 Å². The van der Waals surface area contributed by atoms with E-state index >= 15 is 0 Å². The smallest absolute Gasteiger partial charge is 0.315 e. The molecule has 0 radical (unpaired) electrons. The van der Waals surface area contributed by atoms with E-state index < -0.39 is 0 Å². The van der Waals surface area contributed by atoms with E-state index in [1.165, 1.54) is 12.1 Å². The molecule has 28 heavy (non-hydrogen) atoms. The van der Waals surface area contributed by atoms with Crippen molar-refractivity contribution < 1.29 is 14.0 Å². The number of thioether (sulfide) groups is 1. The third-order valence-electron chi connectivity index (χ3n) is 5.53. The number of benzene rings is 1. The Labute approximate surface area is 167 Å². The molecule has 4 rings (SSSR count). The average Bonchev–Trinajstić information content (AvgIpc) is 3.34. The summed E-state index contributed by atoms with van der Waals surface area (Å²) in [6, 6.07) is 5.11. The molecule has 6 nitrogen and oxygen atoms in total. The number of H-pyrrole nitrogens is 1. The molecule has 1 aromatic heterocycles. The molecular formula is C20H25FN4O2S. The van der Waals surface area contributed by atoms with Crippen molar-refractivity contribution in [3.63, 3.8) is 0 Å². The predicted molar refractivity (Wildman–Crippen MR) is 109 cm³/mol. The molecule has 2 aliphatic rings. The first kappa shape index (κ1) is 19.1. The zero-order valence-electron chi connectivity index (χ0n) is 15.6. The number of fused-ring (bicyclic) bond motifs is 2. The molecule has 3 amide bonds. The highest BCUT2D eigenvalue weighted by Crippen LogP contribution is 2.33. The van der Waals surface area contributed by atoms with Crippen molar-refractivity contribution in [3.05, 3.63) is 35.8 Å². The molecule has 3 atom stereocenters. The Morgan fingerprint density at radius 1 is 1.29 bits per heavy atom. The van der Waals surface area contributed by atoms with Crippen molar-refractivity contribution in [2.24, 2.45) is 0 Å². The molecule has 1 aromatic carbocycles. The van der Waals surface area contributed by atoms with Gasteiger partial charge < -0.3 is 20.9 Å². The van der Waals surface area contributed by atoms with Gasteiger partial charge in [0.2, 0.25) is 5.91 Å². The molecule has 3 heterocycles. The second kappa shape index (κ2) is 8.43. The van der Waals surface area contributed by atoms with Crippen LogP contribution in [0.25, 0.3) is 10.9 Å². The van der Waals surface area contributed by atoms with Crippen molar-refractivity contribution in [2.45, 2.75) is 49.4 Å². The Bertz CT molecular complexity index is 871. The molecule has 8 heteroatoms. The Hall–Kier alpha value is -2.22. The lowest BCUT2D eigenvalue weighted by molar-refractivity contribution is -0.121. The van der Waals surface area contributed by atoms with Crippen molar-refractivity contribution in [1.82, 2.24) is 20.9 Å². The van der Waals surface area contributed by atoms with Crippen LogP contribution in [0.4, 0.5) is 9.18 Å². The van der Waals surface area contributed by atoms with Gasteiger partial charge in [-0.25, -0.2) is 9.18 Å². The minimum atomic E-state index is -0.253. The van der Waals surface area contributed by atoms with Gasteiger partial charge in [0, 0.05) is 41.1 Å². The Balaban J connectivity index is 1.13. The standard InChI is InChI=1S/C20H25FN4O2S/c21-13-5-6-15-14(9-13)12(10-23-15)7-8-22-18(26)4-2-1-3-17-19-16(11-28-17)24-20(27)25-19/h5-6,9-10,16-17,19,23H,1-4,7-8,11H2,(H,22,26)(H2,24,25,27)/t16-,17-,19-/m0/s1. The van der Waals surface area contributed by atoms with Gasteiger partial charge in [0.05, 0.1) is 12.1 Å². The van der Waals surface area contributed by atoms with Crippen molar-refractivity contribution in [1.29, 1.82) is 0 Å². The van der Waals surface area contributed by atoms with Crippen LogP contribution in [0.2, 0.25) is 0 Å². The van der Waals surface area contributed by atoms with Crippen LogP contribution in [0, 0.1) is 5.82 Å². The number of carbonyl (C=O) groups is 2. The van der Waals surface area contributed by atoms with Crippen molar-refractivity contribution >= 4 is 34.6 Å². The summed E-state index contributed by atoms with van der Waals surface area (Å²) in [5, 5.41) is 10.2. The molecule has 4 N–H and O–H groups in total. The van der Waals surface area contributed by atoms with Crippen LogP contribution in [-0.4, -0.2) is 46.6 Å². The highest BCUT2D eigenvalue weighted by molar-refractivity contribution is 8.00. The molecular weight excluding hydrogens is 379 g/mol. The summed E-state index contributed by atoms with van der Waals surface area (Å²) in [6.45, 7) is 0.544. The first-order valence-electron chi connectivity index (χ1n) is 9.81. The number of amides is 3. The molecule has 2 aliphatic heterocycles. The fourth-order valence-corrected chi connectivity index (χ4v) is 5.60. The van der Waals surface area contributed by atoms with E-state index in [0.29, 0.717) is 24.6 Å². The number of unbranched alkanes of at least 4 members (excludes halogenated alkanes) is 1. The Morgan fingerprint density at radius 2 is 2.18 bits per heavy atom. The Kier molecular flexibility index (Phi) is 5.75. The van der Waals surface area contributed by atoms with Gasteiger partial charge in [-0.3, -0.25) is 4.79 Å². The minimum absolute atomic E-state index is 0.0545. The van der Waals surface area contributed by atoms with Crippen LogP contribution in [0.5, 0.6) is 0 Å². The number of rotatable bonds is 8. The highest BCUT2D eigenvalue weighted by atomic mass is 32.2. The Morgan fingerprint density at radius 3 is 3.07 bits per heavy atom. The average molecular weight is 405 g/mol. The van der Waals surface area contributed by atoms with Crippen LogP contribution < -0.4 is 16.0 Å². The molecule has 0 bridgehead atoms. The van der Waals surface area contributed by atoms with Crippen LogP contribution in [-0.2, 0) is 11.2 Å². The lowest BCUT2D eigenvalue weighted by atomic mass is 10.0. The van der Waals surface area contributed by atoms with Crippen LogP contribution in [0.15, 0.2) is 24.4 Å². The van der Waals surface area contributed by atoms with Crippen LogP contribution in [0.3, 0.4) is 0 Å². The second-order valence-electron chi connectivity index (χ2n) is 7.47. The SMILES string of the molecule is O=C(CCCC[C@@H]1SC[C@@H]2NC(=O)N[C@@H]21)NCCc1c[nH]c2ccc(F)cc12. The van der Waals surface area contributed by atoms with Crippen molar-refractivity contribution in [2.75, 3.05) is 12.3 Å². The van der Waals surface area contributed by atoms with Crippen LogP contribution >= 0.6 is 11.8 Å². The summed E-state index contributed by atoms with van der Waals surface area (Å²) >= 11 is 1.90. The number of aromatic nitrogens is 1. The molecule has 0 spiro atoms. The molecule has 0 unspecified atom stereocenters. The quantitative estimate of drug-likeness (QED) is 0.403. The fraction of sp³-hybridized carbons (Fsp3) is 0.500. The van der Waals surface area contributed by atoms with E-state index in [9.17, 15) is 14.0 Å². The first-order valence-corrected chi connectivity index (χ1v) is 10.9. The molecule has 2 aromatic rings. The van der Waals surface area contributed by atoms with Gasteiger partial charge in [-0.15, -0.1) is 0 Å². The van der Waals surface area contributed by atoms with Gasteiger partial charge >= 0.3 is 6.03 Å². The number of halogens is 1. The summed E-state index contributed by atoms with van der Waals surface area (Å²) in [4.78, 5) is 26.6. The number of aromatic amines is 1. The summed E-state index contributed by atoms with van der Waals surface area (Å²) in [7, 11) is 0. The number of urea groups is 1. The van der Waals surface area contributed by atoms with E-state index in [1.54, 1.807) is 6.07 Å². The molecule has 0 saturated carbocycles. The largest absolute Gasteiger partial charge is 0.361 e. The lowest BCUT2D eigenvalue weighted by Crippen LogP contribution is -2.36. The first-order chi connectivity index (χ1) is 13.6. The normalized spacial score (nSPS) is 23.5. The third kappa shape index (κ3) is 4.27.